The lowest BCUT2D eigenvalue weighted by Gasteiger charge is -2.18. The van der Waals surface area contributed by atoms with E-state index in [4.69, 9.17) is 15.2 Å². The van der Waals surface area contributed by atoms with Gasteiger partial charge in [0.1, 0.15) is 0 Å². The van der Waals surface area contributed by atoms with Crippen molar-refractivity contribution in [1.82, 2.24) is 0 Å². The summed E-state index contributed by atoms with van der Waals surface area (Å²) in [5, 5.41) is 0. The summed E-state index contributed by atoms with van der Waals surface area (Å²) < 4.78 is 11.5. The summed E-state index contributed by atoms with van der Waals surface area (Å²) in [6.45, 7) is 0.633. The van der Waals surface area contributed by atoms with E-state index in [1.54, 1.807) is 7.11 Å². The van der Waals surface area contributed by atoms with Crippen LogP contribution in [-0.2, 0) is 6.42 Å². The molecule has 1 aliphatic rings. The highest BCUT2D eigenvalue weighted by molar-refractivity contribution is 5.85. The molecule has 3 nitrogen and oxygen atoms in total. The second-order valence-corrected chi connectivity index (χ2v) is 4.51. The molecule has 0 radical (unpaired) electrons. The van der Waals surface area contributed by atoms with Gasteiger partial charge in [0.2, 0.25) is 0 Å². The zero-order chi connectivity index (χ0) is 12.1. The van der Waals surface area contributed by atoms with Crippen LogP contribution in [0.1, 0.15) is 31.2 Å². The summed E-state index contributed by atoms with van der Waals surface area (Å²) in [6, 6.07) is 6.01. The lowest BCUT2D eigenvalue weighted by Crippen LogP contribution is -2.14. The molecule has 0 amide bonds. The topological polar surface area (TPSA) is 44.5 Å². The number of para-hydroxylation sites is 1. The van der Waals surface area contributed by atoms with Crippen molar-refractivity contribution in [2.75, 3.05) is 13.7 Å². The minimum atomic E-state index is 0. The van der Waals surface area contributed by atoms with Crippen molar-refractivity contribution in [3.63, 3.8) is 0 Å². The fraction of sp³-hybridized carbons (Fsp3) is 0.571. The monoisotopic (exact) mass is 271 g/mol. The van der Waals surface area contributed by atoms with Gasteiger partial charge in [0.25, 0.3) is 0 Å². The minimum absolute atomic E-state index is 0. The van der Waals surface area contributed by atoms with E-state index in [9.17, 15) is 0 Å². The number of benzene rings is 1. The number of hydrogen-bond donors (Lipinski definition) is 1. The first-order valence-electron chi connectivity index (χ1n) is 6.37. The van der Waals surface area contributed by atoms with Gasteiger partial charge in [0.05, 0.1) is 13.2 Å². The van der Waals surface area contributed by atoms with Gasteiger partial charge in [-0.1, -0.05) is 12.1 Å². The number of rotatable bonds is 5. The second kappa shape index (κ2) is 7.49. The van der Waals surface area contributed by atoms with Crippen LogP contribution in [0.3, 0.4) is 0 Å². The maximum absolute atomic E-state index is 6.10. The van der Waals surface area contributed by atoms with Crippen LogP contribution in [0.5, 0.6) is 11.5 Å². The Kier molecular flexibility index (Phi) is 6.30. The minimum Gasteiger partial charge on any atom is -0.493 e. The molecule has 1 saturated carbocycles. The molecule has 1 aromatic rings. The highest BCUT2D eigenvalue weighted by Gasteiger charge is 2.20. The van der Waals surface area contributed by atoms with E-state index in [1.807, 2.05) is 12.1 Å². The van der Waals surface area contributed by atoms with E-state index in [0.717, 1.165) is 36.3 Å². The van der Waals surface area contributed by atoms with Gasteiger partial charge in [0, 0.05) is 0 Å². The predicted molar refractivity (Wildman–Crippen MR) is 75.9 cm³/mol. The predicted octanol–water partition coefficient (Wildman–Crippen LogP) is 2.94. The van der Waals surface area contributed by atoms with Crippen LogP contribution in [0, 0.1) is 0 Å². The average Bonchev–Trinajstić information content (AvgIpc) is 2.84. The Bertz CT molecular complexity index is 365. The molecule has 0 saturated heterocycles. The first-order valence-corrected chi connectivity index (χ1v) is 6.37. The van der Waals surface area contributed by atoms with Crippen molar-refractivity contribution in [1.29, 1.82) is 0 Å². The molecule has 0 aromatic heterocycles. The summed E-state index contributed by atoms with van der Waals surface area (Å²) in [5.74, 6) is 1.72. The Morgan fingerprint density at radius 2 is 2.00 bits per heavy atom. The zero-order valence-corrected chi connectivity index (χ0v) is 11.7. The largest absolute Gasteiger partial charge is 0.493 e. The molecule has 0 unspecified atom stereocenters. The van der Waals surface area contributed by atoms with Gasteiger partial charge in [-0.25, -0.2) is 0 Å². The number of nitrogens with two attached hydrogens (primary N) is 1. The first kappa shape index (κ1) is 15.1. The molecule has 0 bridgehead atoms. The smallest absolute Gasteiger partial charge is 0.164 e. The van der Waals surface area contributed by atoms with E-state index >= 15 is 0 Å². The average molecular weight is 272 g/mol. The summed E-state index contributed by atoms with van der Waals surface area (Å²) >= 11 is 0. The molecule has 102 valence electrons. The van der Waals surface area contributed by atoms with Crippen molar-refractivity contribution < 1.29 is 9.47 Å². The molecule has 0 aliphatic heterocycles. The van der Waals surface area contributed by atoms with Gasteiger partial charge in [-0.05, 0) is 50.3 Å². The van der Waals surface area contributed by atoms with Gasteiger partial charge in [0.15, 0.2) is 11.5 Å². The van der Waals surface area contributed by atoms with Gasteiger partial charge in [-0.15, -0.1) is 12.4 Å². The zero-order valence-electron chi connectivity index (χ0n) is 10.9. The Hall–Kier alpha value is -0.930. The SMILES string of the molecule is COc1cccc(CCN)c1OC1CCCC1.Cl. The lowest BCUT2D eigenvalue weighted by atomic mass is 10.1. The standard InChI is InChI=1S/C14H21NO2.ClH/c1-16-13-8-4-5-11(9-10-15)14(13)17-12-6-2-3-7-12;/h4-5,8,12H,2-3,6-7,9-10,15H2,1H3;1H. The van der Waals surface area contributed by atoms with Gasteiger partial charge < -0.3 is 15.2 Å². The third kappa shape index (κ3) is 3.53. The quantitative estimate of drug-likeness (QED) is 0.896. The van der Waals surface area contributed by atoms with Crippen LogP contribution >= 0.6 is 12.4 Å². The fourth-order valence-corrected chi connectivity index (χ4v) is 2.38. The molecule has 1 aliphatic carbocycles. The van der Waals surface area contributed by atoms with E-state index < -0.39 is 0 Å². The summed E-state index contributed by atoms with van der Waals surface area (Å²) in [4.78, 5) is 0. The Morgan fingerprint density at radius 3 is 2.61 bits per heavy atom. The van der Waals surface area contributed by atoms with Gasteiger partial charge in [-0.2, -0.15) is 0 Å². The third-order valence-electron chi connectivity index (χ3n) is 3.28. The molecular weight excluding hydrogens is 250 g/mol. The summed E-state index contributed by atoms with van der Waals surface area (Å²) in [7, 11) is 1.68. The van der Waals surface area contributed by atoms with E-state index in [0.29, 0.717) is 12.6 Å². The number of ether oxygens (including phenoxy) is 2. The summed E-state index contributed by atoms with van der Waals surface area (Å²) in [6.07, 6.45) is 6.03. The molecule has 4 heteroatoms. The van der Waals surface area contributed by atoms with Crippen LogP contribution in [0.25, 0.3) is 0 Å². The van der Waals surface area contributed by atoms with Crippen molar-refractivity contribution >= 4 is 12.4 Å². The van der Waals surface area contributed by atoms with Gasteiger partial charge in [-0.3, -0.25) is 0 Å². The van der Waals surface area contributed by atoms with Crippen molar-refractivity contribution in [3.05, 3.63) is 23.8 Å². The molecule has 0 spiro atoms. The van der Waals surface area contributed by atoms with Crippen molar-refractivity contribution in [2.45, 2.75) is 38.2 Å². The van der Waals surface area contributed by atoms with Crippen LogP contribution in [0.15, 0.2) is 18.2 Å². The number of halogens is 1. The molecule has 2 rings (SSSR count). The molecule has 18 heavy (non-hydrogen) atoms. The van der Waals surface area contributed by atoms with Crippen LogP contribution in [-0.4, -0.2) is 19.8 Å². The Balaban J connectivity index is 0.00000162. The summed E-state index contributed by atoms with van der Waals surface area (Å²) in [5.41, 5.74) is 6.78. The Morgan fingerprint density at radius 1 is 1.28 bits per heavy atom. The van der Waals surface area contributed by atoms with Crippen LogP contribution in [0.2, 0.25) is 0 Å². The first-order chi connectivity index (χ1) is 8.35. The maximum atomic E-state index is 6.10. The van der Waals surface area contributed by atoms with E-state index in [2.05, 4.69) is 6.07 Å². The second-order valence-electron chi connectivity index (χ2n) is 4.51. The highest BCUT2D eigenvalue weighted by Crippen LogP contribution is 2.34. The third-order valence-corrected chi connectivity index (χ3v) is 3.28. The number of hydrogen-bond acceptors (Lipinski definition) is 3. The molecule has 2 N–H and O–H groups in total. The number of methoxy groups -OCH3 is 1. The molecule has 1 fully saturated rings. The van der Waals surface area contributed by atoms with Gasteiger partial charge >= 0.3 is 0 Å². The van der Waals surface area contributed by atoms with Crippen LogP contribution < -0.4 is 15.2 Å². The van der Waals surface area contributed by atoms with E-state index in [-0.39, 0.29) is 12.4 Å². The normalized spacial score (nSPS) is 15.2. The lowest BCUT2D eigenvalue weighted by molar-refractivity contribution is 0.198. The Labute approximate surface area is 115 Å². The van der Waals surface area contributed by atoms with E-state index in [1.165, 1.54) is 12.8 Å². The fourth-order valence-electron chi connectivity index (χ4n) is 2.38. The molecule has 0 heterocycles. The van der Waals surface area contributed by atoms with Crippen LogP contribution in [0.4, 0.5) is 0 Å². The van der Waals surface area contributed by atoms with Crippen molar-refractivity contribution in [2.24, 2.45) is 5.73 Å². The highest BCUT2D eigenvalue weighted by atomic mass is 35.5. The molecule has 0 atom stereocenters. The molecular formula is C14H22ClNO2. The maximum Gasteiger partial charge on any atom is 0.164 e. The molecule has 1 aromatic carbocycles. The van der Waals surface area contributed by atoms with Crippen molar-refractivity contribution in [3.8, 4) is 11.5 Å².